The maximum Gasteiger partial charge on any atom is 0.411 e. The second kappa shape index (κ2) is 13.3. The van der Waals surface area contributed by atoms with E-state index in [4.69, 9.17) is 4.74 Å². The van der Waals surface area contributed by atoms with Crippen LogP contribution in [0.15, 0.2) is 18.3 Å². The molecule has 0 aromatic carbocycles. The lowest BCUT2D eigenvalue weighted by atomic mass is 10.2. The number of pyridine rings is 1. The number of alkyl halides is 2. The highest BCUT2D eigenvalue weighted by molar-refractivity contribution is 5.83. The molecule has 1 aromatic rings. The van der Waals surface area contributed by atoms with Gasteiger partial charge in [-0.25, -0.2) is 4.79 Å². The third-order valence-electron chi connectivity index (χ3n) is 4.99. The molecule has 0 bridgehead atoms. The second-order valence-electron chi connectivity index (χ2n) is 9.51. The monoisotopic (exact) mass is 499 g/mol. The standard InChI is InChI=1S/C24H39F2N5O4/c1-8-24(25,26)21(33)28-15-18-10-11-27-19(14-18)16-31(22(34)35-23(3,4)5)17-20(32)30(9-2)13-12-29(6)7/h10-11,14H,8-9,12-13,15-17H2,1-7H3,(H,28,33). The Bertz CT molecular complexity index is 859. The minimum absolute atomic E-state index is 0.0290. The van der Waals surface area contributed by atoms with Gasteiger partial charge in [0.25, 0.3) is 5.91 Å². The summed E-state index contributed by atoms with van der Waals surface area (Å²) in [6, 6.07) is 3.17. The van der Waals surface area contributed by atoms with Crippen molar-refractivity contribution >= 4 is 17.9 Å². The molecule has 0 aliphatic carbocycles. The van der Waals surface area contributed by atoms with E-state index in [1.54, 1.807) is 37.8 Å². The Morgan fingerprint density at radius 1 is 1.09 bits per heavy atom. The van der Waals surface area contributed by atoms with Crippen LogP contribution in [-0.2, 0) is 27.4 Å². The normalized spacial score (nSPS) is 11.8. The number of nitrogens with one attached hydrogen (secondary N) is 1. The molecule has 3 amide bonds. The van der Waals surface area contributed by atoms with Gasteiger partial charge in [-0.3, -0.25) is 19.5 Å². The molecular formula is C24H39F2N5O4. The van der Waals surface area contributed by atoms with Crippen LogP contribution < -0.4 is 5.32 Å². The van der Waals surface area contributed by atoms with Crippen molar-refractivity contribution in [2.75, 3.05) is 40.3 Å². The number of likely N-dealkylation sites (N-methyl/N-ethyl adjacent to an activating group) is 2. The molecule has 0 radical (unpaired) electrons. The van der Waals surface area contributed by atoms with E-state index in [0.29, 0.717) is 30.9 Å². The summed E-state index contributed by atoms with van der Waals surface area (Å²) in [7, 11) is 3.82. The lowest BCUT2D eigenvalue weighted by Crippen LogP contribution is -2.46. The van der Waals surface area contributed by atoms with Gasteiger partial charge in [0.05, 0.1) is 12.2 Å². The van der Waals surface area contributed by atoms with Gasteiger partial charge in [0.15, 0.2) is 0 Å². The first-order valence-electron chi connectivity index (χ1n) is 11.7. The Morgan fingerprint density at radius 2 is 1.74 bits per heavy atom. The van der Waals surface area contributed by atoms with E-state index in [-0.39, 0.29) is 25.5 Å². The third-order valence-corrected chi connectivity index (χ3v) is 4.99. The van der Waals surface area contributed by atoms with Crippen molar-refractivity contribution in [2.45, 2.75) is 65.7 Å². The minimum Gasteiger partial charge on any atom is -0.444 e. The van der Waals surface area contributed by atoms with E-state index in [9.17, 15) is 23.2 Å². The van der Waals surface area contributed by atoms with E-state index in [1.165, 1.54) is 18.0 Å². The van der Waals surface area contributed by atoms with Crippen LogP contribution in [0.4, 0.5) is 13.6 Å². The van der Waals surface area contributed by atoms with Crippen LogP contribution in [0.5, 0.6) is 0 Å². The lowest BCUT2D eigenvalue weighted by molar-refractivity contribution is -0.146. The number of aromatic nitrogens is 1. The SMILES string of the molecule is CCN(CCN(C)C)C(=O)CN(Cc1cc(CNC(=O)C(F)(F)CC)ccn1)C(=O)OC(C)(C)C. The molecule has 1 heterocycles. The predicted octanol–water partition coefficient (Wildman–Crippen LogP) is 2.89. The van der Waals surface area contributed by atoms with Crippen LogP contribution in [0.1, 0.15) is 52.3 Å². The number of carbonyl (C=O) groups is 3. The Hall–Kier alpha value is -2.82. The van der Waals surface area contributed by atoms with Crippen LogP contribution in [-0.4, -0.2) is 89.4 Å². The van der Waals surface area contributed by atoms with Crippen molar-refractivity contribution in [2.24, 2.45) is 0 Å². The molecular weight excluding hydrogens is 460 g/mol. The van der Waals surface area contributed by atoms with E-state index in [2.05, 4.69) is 10.3 Å². The average Bonchev–Trinajstić information content (AvgIpc) is 2.76. The molecule has 35 heavy (non-hydrogen) atoms. The summed E-state index contributed by atoms with van der Waals surface area (Å²) in [6.07, 6.45) is 0.194. The summed E-state index contributed by atoms with van der Waals surface area (Å²) in [4.78, 5) is 46.6. The molecule has 0 aliphatic heterocycles. The molecule has 0 atom stereocenters. The Kier molecular flexibility index (Phi) is 11.5. The van der Waals surface area contributed by atoms with Gasteiger partial charge in [0.2, 0.25) is 5.91 Å². The van der Waals surface area contributed by atoms with Crippen molar-refractivity contribution in [1.29, 1.82) is 0 Å². The fourth-order valence-electron chi connectivity index (χ4n) is 2.95. The molecule has 0 aliphatic rings. The molecule has 9 nitrogen and oxygen atoms in total. The predicted molar refractivity (Wildman–Crippen MR) is 129 cm³/mol. The zero-order valence-electron chi connectivity index (χ0n) is 21.9. The number of ether oxygens (including phenoxy) is 1. The summed E-state index contributed by atoms with van der Waals surface area (Å²) >= 11 is 0. The molecule has 0 unspecified atom stereocenters. The zero-order valence-corrected chi connectivity index (χ0v) is 21.9. The summed E-state index contributed by atoms with van der Waals surface area (Å²) in [5, 5.41) is 2.22. The highest BCUT2D eigenvalue weighted by atomic mass is 19.3. The minimum atomic E-state index is -3.44. The van der Waals surface area contributed by atoms with E-state index < -0.39 is 29.9 Å². The first kappa shape index (κ1) is 30.2. The summed E-state index contributed by atoms with van der Waals surface area (Å²) < 4.78 is 32.5. The van der Waals surface area contributed by atoms with Gasteiger partial charge < -0.3 is 19.9 Å². The maximum atomic E-state index is 13.5. The third kappa shape index (κ3) is 11.0. The summed E-state index contributed by atoms with van der Waals surface area (Å²) in [6.45, 7) is 9.62. The number of hydrogen-bond donors (Lipinski definition) is 1. The van der Waals surface area contributed by atoms with Gasteiger partial charge in [0.1, 0.15) is 12.1 Å². The van der Waals surface area contributed by atoms with Crippen molar-refractivity contribution in [1.82, 2.24) is 25.0 Å². The molecule has 198 valence electrons. The number of hydrogen-bond acceptors (Lipinski definition) is 6. The molecule has 1 aromatic heterocycles. The lowest BCUT2D eigenvalue weighted by Gasteiger charge is -2.29. The van der Waals surface area contributed by atoms with Crippen LogP contribution in [0, 0.1) is 0 Å². The molecule has 1 N–H and O–H groups in total. The van der Waals surface area contributed by atoms with Gasteiger partial charge in [-0.15, -0.1) is 0 Å². The van der Waals surface area contributed by atoms with Crippen LogP contribution >= 0.6 is 0 Å². The maximum absolute atomic E-state index is 13.5. The number of nitrogens with zero attached hydrogens (tertiary/aromatic N) is 4. The quantitative estimate of drug-likeness (QED) is 0.475. The second-order valence-corrected chi connectivity index (χ2v) is 9.51. The number of carbonyl (C=O) groups excluding carboxylic acids is 3. The van der Waals surface area contributed by atoms with Gasteiger partial charge >= 0.3 is 12.0 Å². The molecule has 0 saturated carbocycles. The van der Waals surface area contributed by atoms with Crippen molar-refractivity contribution < 1.29 is 27.9 Å². The fourth-order valence-corrected chi connectivity index (χ4v) is 2.95. The fraction of sp³-hybridized carbons (Fsp3) is 0.667. The number of amides is 3. The molecule has 11 heteroatoms. The smallest absolute Gasteiger partial charge is 0.411 e. The van der Waals surface area contributed by atoms with Crippen LogP contribution in [0.3, 0.4) is 0 Å². The van der Waals surface area contributed by atoms with Crippen molar-refractivity contribution in [3.8, 4) is 0 Å². The van der Waals surface area contributed by atoms with Gasteiger partial charge in [-0.05, 0) is 59.5 Å². The highest BCUT2D eigenvalue weighted by Gasteiger charge is 2.36. The molecule has 0 saturated heterocycles. The van der Waals surface area contributed by atoms with Crippen molar-refractivity contribution in [3.63, 3.8) is 0 Å². The topological polar surface area (TPSA) is 95.1 Å². The van der Waals surface area contributed by atoms with Gasteiger partial charge in [-0.1, -0.05) is 6.92 Å². The summed E-state index contributed by atoms with van der Waals surface area (Å²) in [5.74, 6) is -5.02. The molecule has 0 spiro atoms. The average molecular weight is 500 g/mol. The van der Waals surface area contributed by atoms with Gasteiger partial charge in [-0.2, -0.15) is 8.78 Å². The van der Waals surface area contributed by atoms with E-state index in [1.807, 2.05) is 25.9 Å². The largest absolute Gasteiger partial charge is 0.444 e. The first-order chi connectivity index (χ1) is 16.2. The van der Waals surface area contributed by atoms with Gasteiger partial charge in [0, 0.05) is 38.8 Å². The van der Waals surface area contributed by atoms with E-state index >= 15 is 0 Å². The summed E-state index contributed by atoms with van der Waals surface area (Å²) in [5.41, 5.74) is 0.193. The van der Waals surface area contributed by atoms with Crippen LogP contribution in [0.25, 0.3) is 0 Å². The van der Waals surface area contributed by atoms with Crippen molar-refractivity contribution in [3.05, 3.63) is 29.6 Å². The molecule has 0 fully saturated rings. The highest BCUT2D eigenvalue weighted by Crippen LogP contribution is 2.18. The Labute approximate surface area is 206 Å². The van der Waals surface area contributed by atoms with E-state index in [0.717, 1.165) is 0 Å². The Balaban J connectivity index is 3.01. The molecule has 1 rings (SSSR count). The Morgan fingerprint density at radius 3 is 2.29 bits per heavy atom. The number of halogens is 2. The van der Waals surface area contributed by atoms with Crippen LogP contribution in [0.2, 0.25) is 0 Å². The number of rotatable bonds is 12. The zero-order chi connectivity index (χ0) is 26.8. The first-order valence-corrected chi connectivity index (χ1v) is 11.7.